The molecule has 0 fully saturated rings. The Hall–Kier alpha value is -0.780. The van der Waals surface area contributed by atoms with Crippen molar-refractivity contribution in [3.05, 3.63) is 0 Å². The van der Waals surface area contributed by atoms with Gasteiger partial charge in [0, 0.05) is 13.1 Å². The second kappa shape index (κ2) is 5.52. The van der Waals surface area contributed by atoms with Crippen molar-refractivity contribution in [1.29, 1.82) is 0 Å². The Morgan fingerprint density at radius 1 is 1.31 bits per heavy atom. The van der Waals surface area contributed by atoms with Crippen molar-refractivity contribution in [3.63, 3.8) is 0 Å². The number of nitrogens with two attached hydrogens (primary N) is 1. The van der Waals surface area contributed by atoms with Gasteiger partial charge in [-0.3, -0.25) is 4.79 Å². The molecule has 0 aromatic rings. The highest BCUT2D eigenvalue weighted by atomic mass is 19.4. The molecule has 0 aromatic carbocycles. The quantitative estimate of drug-likeness (QED) is 0.796. The normalized spacial score (nSPS) is 12.7. The summed E-state index contributed by atoms with van der Waals surface area (Å²) in [6.45, 7) is 5.56. The Morgan fingerprint density at radius 2 is 1.81 bits per heavy atom. The highest BCUT2D eigenvalue weighted by molar-refractivity contribution is 5.81. The molecule has 16 heavy (non-hydrogen) atoms. The first kappa shape index (κ1) is 15.2. The minimum atomic E-state index is -4.81. The highest BCUT2D eigenvalue weighted by Crippen LogP contribution is 2.22. The highest BCUT2D eigenvalue weighted by Gasteiger charge is 2.43. The van der Waals surface area contributed by atoms with Crippen molar-refractivity contribution < 1.29 is 18.0 Å². The zero-order valence-corrected chi connectivity index (χ0v) is 9.90. The Kier molecular flexibility index (Phi) is 5.25. The second-order valence-electron chi connectivity index (χ2n) is 4.59. The number of rotatable bonds is 5. The average Bonchev–Trinajstić information content (AvgIpc) is 2.14. The Labute approximate surface area is 93.8 Å². The van der Waals surface area contributed by atoms with Crippen LogP contribution in [0.4, 0.5) is 13.2 Å². The first-order valence-corrected chi connectivity index (χ1v) is 5.20. The number of halogens is 3. The molecule has 3 nitrogen and oxygen atoms in total. The monoisotopic (exact) mass is 240 g/mol. The number of hydrogen-bond donors (Lipinski definition) is 1. The summed E-state index contributed by atoms with van der Waals surface area (Å²) in [5, 5.41) is 0. The number of hydrogen-bond acceptors (Lipinski definition) is 2. The van der Waals surface area contributed by atoms with Crippen LogP contribution in [0.2, 0.25) is 0 Å². The van der Waals surface area contributed by atoms with Crippen LogP contribution in [0.25, 0.3) is 0 Å². The molecule has 0 rings (SSSR count). The molecule has 2 N–H and O–H groups in total. The first-order valence-electron chi connectivity index (χ1n) is 5.20. The third kappa shape index (κ3) is 4.83. The molecule has 0 heterocycles. The molecular weight excluding hydrogens is 221 g/mol. The van der Waals surface area contributed by atoms with Crippen LogP contribution >= 0.6 is 0 Å². The Morgan fingerprint density at radius 3 is 2.12 bits per heavy atom. The summed E-state index contributed by atoms with van der Waals surface area (Å²) in [7, 11) is 0. The fourth-order valence-electron chi connectivity index (χ4n) is 1.28. The van der Waals surface area contributed by atoms with Crippen LogP contribution in [-0.2, 0) is 4.79 Å². The molecule has 0 radical (unpaired) electrons. The van der Waals surface area contributed by atoms with Crippen molar-refractivity contribution in [2.45, 2.75) is 33.4 Å². The number of amides is 1. The summed E-state index contributed by atoms with van der Waals surface area (Å²) < 4.78 is 36.8. The van der Waals surface area contributed by atoms with Crippen molar-refractivity contribution in [1.82, 2.24) is 4.90 Å². The predicted octanol–water partition coefficient (Wildman–Crippen LogP) is 1.77. The van der Waals surface area contributed by atoms with E-state index in [0.29, 0.717) is 6.42 Å². The lowest BCUT2D eigenvalue weighted by Crippen LogP contribution is -2.47. The average molecular weight is 240 g/mol. The fourth-order valence-corrected chi connectivity index (χ4v) is 1.28. The van der Waals surface area contributed by atoms with Gasteiger partial charge in [0.25, 0.3) is 0 Å². The van der Waals surface area contributed by atoms with Gasteiger partial charge in [-0.15, -0.1) is 0 Å². The molecule has 0 aliphatic rings. The largest absolute Gasteiger partial charge is 0.471 e. The van der Waals surface area contributed by atoms with Gasteiger partial charge in [-0.25, -0.2) is 0 Å². The molecule has 6 heteroatoms. The van der Waals surface area contributed by atoms with Crippen LogP contribution in [0.3, 0.4) is 0 Å². The molecule has 0 unspecified atom stereocenters. The van der Waals surface area contributed by atoms with Crippen LogP contribution in [0, 0.1) is 5.41 Å². The lowest BCUT2D eigenvalue weighted by Gasteiger charge is -2.32. The van der Waals surface area contributed by atoms with Crippen LogP contribution < -0.4 is 5.73 Å². The van der Waals surface area contributed by atoms with Gasteiger partial charge in [0.1, 0.15) is 0 Å². The molecular formula is C10H19F3N2O. The van der Waals surface area contributed by atoms with E-state index in [4.69, 9.17) is 5.73 Å². The third-order valence-electron chi connectivity index (χ3n) is 2.19. The van der Waals surface area contributed by atoms with E-state index >= 15 is 0 Å². The van der Waals surface area contributed by atoms with Gasteiger partial charge in [0.15, 0.2) is 0 Å². The van der Waals surface area contributed by atoms with E-state index in [1.54, 1.807) is 20.8 Å². The first-order chi connectivity index (χ1) is 7.14. The van der Waals surface area contributed by atoms with Gasteiger partial charge >= 0.3 is 12.1 Å². The third-order valence-corrected chi connectivity index (χ3v) is 2.19. The van der Waals surface area contributed by atoms with Crippen LogP contribution in [-0.4, -0.2) is 36.6 Å². The van der Waals surface area contributed by atoms with E-state index in [9.17, 15) is 18.0 Å². The molecule has 0 saturated heterocycles. The fraction of sp³-hybridized carbons (Fsp3) is 0.900. The molecule has 0 aliphatic heterocycles. The van der Waals surface area contributed by atoms with Crippen molar-refractivity contribution in [2.75, 3.05) is 19.6 Å². The molecule has 0 aliphatic carbocycles. The summed E-state index contributed by atoms with van der Waals surface area (Å²) in [5.41, 5.74) is 4.94. The standard InChI is InChI=1S/C10H19F3N2O/c1-4-5-15(7-9(2,3)6-14)8(16)10(11,12)13/h4-7,14H2,1-3H3. The van der Waals surface area contributed by atoms with Crippen LogP contribution in [0.5, 0.6) is 0 Å². The Bertz CT molecular complexity index is 239. The zero-order valence-electron chi connectivity index (χ0n) is 9.90. The topological polar surface area (TPSA) is 46.3 Å². The SMILES string of the molecule is CCCN(CC(C)(C)CN)C(=O)C(F)(F)F. The van der Waals surface area contributed by atoms with Gasteiger partial charge in [-0.2, -0.15) is 13.2 Å². The van der Waals surface area contributed by atoms with E-state index in [0.717, 1.165) is 4.90 Å². The van der Waals surface area contributed by atoms with Crippen LogP contribution in [0.15, 0.2) is 0 Å². The summed E-state index contributed by atoms with van der Waals surface area (Å²) in [6.07, 6.45) is -4.32. The summed E-state index contributed by atoms with van der Waals surface area (Å²) >= 11 is 0. The maximum Gasteiger partial charge on any atom is 0.471 e. The lowest BCUT2D eigenvalue weighted by molar-refractivity contribution is -0.186. The van der Waals surface area contributed by atoms with Gasteiger partial charge in [0.05, 0.1) is 0 Å². The van der Waals surface area contributed by atoms with E-state index < -0.39 is 17.5 Å². The predicted molar refractivity (Wildman–Crippen MR) is 55.8 cm³/mol. The number of carbonyl (C=O) groups excluding carboxylic acids is 1. The lowest BCUT2D eigenvalue weighted by atomic mass is 9.93. The molecule has 1 amide bonds. The van der Waals surface area contributed by atoms with E-state index in [2.05, 4.69) is 0 Å². The van der Waals surface area contributed by atoms with Gasteiger partial charge in [-0.05, 0) is 18.4 Å². The number of alkyl halides is 3. The molecule has 0 saturated carbocycles. The minimum absolute atomic E-state index is 0.0235. The van der Waals surface area contributed by atoms with Gasteiger partial charge < -0.3 is 10.6 Å². The van der Waals surface area contributed by atoms with E-state index in [1.807, 2.05) is 0 Å². The van der Waals surface area contributed by atoms with Crippen molar-refractivity contribution in [2.24, 2.45) is 11.1 Å². The smallest absolute Gasteiger partial charge is 0.334 e. The maximum atomic E-state index is 12.3. The van der Waals surface area contributed by atoms with Crippen molar-refractivity contribution >= 4 is 5.91 Å². The van der Waals surface area contributed by atoms with Crippen LogP contribution in [0.1, 0.15) is 27.2 Å². The number of carbonyl (C=O) groups is 1. The van der Waals surface area contributed by atoms with Gasteiger partial charge in [0.2, 0.25) is 0 Å². The molecule has 0 spiro atoms. The summed E-state index contributed by atoms with van der Waals surface area (Å²) in [6, 6.07) is 0. The maximum absolute atomic E-state index is 12.3. The summed E-state index contributed by atoms with van der Waals surface area (Å²) in [5.74, 6) is -1.78. The number of nitrogens with zero attached hydrogens (tertiary/aromatic N) is 1. The zero-order chi connectivity index (χ0) is 13.0. The summed E-state index contributed by atoms with van der Waals surface area (Å²) in [4.78, 5) is 11.9. The molecule has 96 valence electrons. The molecule has 0 atom stereocenters. The van der Waals surface area contributed by atoms with E-state index in [1.165, 1.54) is 0 Å². The van der Waals surface area contributed by atoms with Crippen molar-refractivity contribution in [3.8, 4) is 0 Å². The van der Waals surface area contributed by atoms with Gasteiger partial charge in [-0.1, -0.05) is 20.8 Å². The molecule has 0 bridgehead atoms. The minimum Gasteiger partial charge on any atom is -0.334 e. The van der Waals surface area contributed by atoms with E-state index in [-0.39, 0.29) is 19.6 Å². The Balaban J connectivity index is 4.69. The second-order valence-corrected chi connectivity index (χ2v) is 4.59. The molecule has 0 aromatic heterocycles.